The number of rotatable bonds is 4. The van der Waals surface area contributed by atoms with Crippen LogP contribution in [0.3, 0.4) is 0 Å². The molecule has 0 aliphatic carbocycles. The number of nitrogens with one attached hydrogen (secondary N) is 1. The van der Waals surface area contributed by atoms with Crippen molar-refractivity contribution in [2.75, 3.05) is 18.0 Å². The summed E-state index contributed by atoms with van der Waals surface area (Å²) in [5.41, 5.74) is 0.588. The Morgan fingerprint density at radius 3 is 2.48 bits per heavy atom. The van der Waals surface area contributed by atoms with Crippen molar-refractivity contribution in [3.63, 3.8) is 0 Å². The normalized spacial score (nSPS) is 14.7. The second-order valence-electron chi connectivity index (χ2n) is 4.87. The minimum atomic E-state index is -4.07. The molecule has 120 valence electrons. The molecule has 3 rings (SSSR count). The molecule has 23 heavy (non-hydrogen) atoms. The molecule has 1 heterocycles. The van der Waals surface area contributed by atoms with E-state index in [9.17, 15) is 17.6 Å². The third kappa shape index (κ3) is 3.26. The summed E-state index contributed by atoms with van der Waals surface area (Å²) < 4.78 is 42.3. The fraction of sp³-hybridized carbons (Fsp3) is 0.133. The van der Waals surface area contributed by atoms with Crippen molar-refractivity contribution < 1.29 is 21.8 Å². The van der Waals surface area contributed by atoms with Crippen molar-refractivity contribution in [1.29, 1.82) is 0 Å². The first kappa shape index (κ1) is 15.3. The van der Waals surface area contributed by atoms with E-state index in [1.165, 1.54) is 47.4 Å². The van der Waals surface area contributed by atoms with Gasteiger partial charge < -0.3 is 9.50 Å². The van der Waals surface area contributed by atoms with Crippen LogP contribution in [0.4, 0.5) is 14.9 Å². The van der Waals surface area contributed by atoms with Gasteiger partial charge in [0.05, 0.1) is 0 Å². The third-order valence-electron chi connectivity index (χ3n) is 3.30. The van der Waals surface area contributed by atoms with E-state index in [1.807, 2.05) is 0 Å². The summed E-state index contributed by atoms with van der Waals surface area (Å²) in [5, 5.41) is 2.66. The monoisotopic (exact) mass is 336 g/mol. The molecule has 1 N–H and O–H groups in total. The number of anilines is 1. The van der Waals surface area contributed by atoms with Crippen molar-refractivity contribution in [3.8, 4) is 5.75 Å². The predicted octanol–water partition coefficient (Wildman–Crippen LogP) is 2.12. The summed E-state index contributed by atoms with van der Waals surface area (Å²) in [6, 6.07) is 10.4. The lowest BCUT2D eigenvalue weighted by Crippen LogP contribution is -2.27. The standard InChI is InChI=1S/C15H13FN2O4S/c16-11-2-1-3-13(10-11)22-23(20,21)14-6-4-12(5-7-14)18-9-8-17-15(18)19/h1-7,10H,8-9H2,(H,17,19). The number of amides is 2. The van der Waals surface area contributed by atoms with Gasteiger partial charge in [-0.3, -0.25) is 4.90 Å². The number of hydrogen-bond acceptors (Lipinski definition) is 4. The van der Waals surface area contributed by atoms with E-state index in [1.54, 1.807) is 0 Å². The maximum atomic E-state index is 13.1. The van der Waals surface area contributed by atoms with Crippen LogP contribution in [0.25, 0.3) is 0 Å². The van der Waals surface area contributed by atoms with E-state index in [-0.39, 0.29) is 16.7 Å². The van der Waals surface area contributed by atoms with Gasteiger partial charge in [0.25, 0.3) is 0 Å². The Balaban J connectivity index is 1.81. The molecule has 6 nitrogen and oxygen atoms in total. The molecule has 1 fully saturated rings. The molecular formula is C15H13FN2O4S. The zero-order chi connectivity index (χ0) is 16.4. The molecule has 0 aromatic heterocycles. The average Bonchev–Trinajstić information content (AvgIpc) is 2.93. The summed E-state index contributed by atoms with van der Waals surface area (Å²) in [6.07, 6.45) is 0. The number of hydrogen-bond donors (Lipinski definition) is 1. The first-order chi connectivity index (χ1) is 11.0. The summed E-state index contributed by atoms with van der Waals surface area (Å²) >= 11 is 0. The highest BCUT2D eigenvalue weighted by Gasteiger charge is 2.22. The second-order valence-corrected chi connectivity index (χ2v) is 6.42. The van der Waals surface area contributed by atoms with Crippen molar-refractivity contribution in [3.05, 3.63) is 54.3 Å². The van der Waals surface area contributed by atoms with E-state index in [0.29, 0.717) is 18.8 Å². The van der Waals surface area contributed by atoms with E-state index in [4.69, 9.17) is 4.18 Å². The molecule has 0 saturated carbocycles. The summed E-state index contributed by atoms with van der Waals surface area (Å²) in [5.74, 6) is -0.693. The Morgan fingerprint density at radius 2 is 1.87 bits per heavy atom. The quantitative estimate of drug-likeness (QED) is 0.868. The summed E-state index contributed by atoms with van der Waals surface area (Å²) in [4.78, 5) is 13.0. The van der Waals surface area contributed by atoms with Crippen LogP contribution in [0, 0.1) is 5.82 Å². The lowest BCUT2D eigenvalue weighted by molar-refractivity contribution is 0.252. The van der Waals surface area contributed by atoms with E-state index < -0.39 is 15.9 Å². The zero-order valence-electron chi connectivity index (χ0n) is 11.9. The third-order valence-corrected chi connectivity index (χ3v) is 4.56. The van der Waals surface area contributed by atoms with Gasteiger partial charge in [-0.05, 0) is 36.4 Å². The van der Waals surface area contributed by atoms with Gasteiger partial charge in [-0.25, -0.2) is 9.18 Å². The first-order valence-electron chi connectivity index (χ1n) is 6.81. The Bertz CT molecular complexity index is 837. The first-order valence-corrected chi connectivity index (χ1v) is 8.22. The number of halogens is 1. The average molecular weight is 336 g/mol. The Labute approximate surface area is 132 Å². The van der Waals surface area contributed by atoms with E-state index >= 15 is 0 Å². The van der Waals surface area contributed by atoms with Crippen LogP contribution >= 0.6 is 0 Å². The van der Waals surface area contributed by atoms with Crippen LogP contribution < -0.4 is 14.4 Å². The van der Waals surface area contributed by atoms with Crippen molar-refractivity contribution >= 4 is 21.8 Å². The highest BCUT2D eigenvalue weighted by atomic mass is 32.2. The minimum absolute atomic E-state index is 0.0786. The largest absolute Gasteiger partial charge is 0.379 e. The number of benzene rings is 2. The predicted molar refractivity (Wildman–Crippen MR) is 81.4 cm³/mol. The molecule has 0 bridgehead atoms. The summed E-state index contributed by atoms with van der Waals surface area (Å²) in [6.45, 7) is 1.06. The van der Waals surface area contributed by atoms with Gasteiger partial charge in [0, 0.05) is 24.8 Å². The van der Waals surface area contributed by atoms with E-state index in [0.717, 1.165) is 6.07 Å². The minimum Gasteiger partial charge on any atom is -0.379 e. The van der Waals surface area contributed by atoms with Gasteiger partial charge in [0.2, 0.25) is 0 Å². The number of carbonyl (C=O) groups is 1. The van der Waals surface area contributed by atoms with Crippen LogP contribution in [0.2, 0.25) is 0 Å². The molecule has 0 radical (unpaired) electrons. The highest BCUT2D eigenvalue weighted by molar-refractivity contribution is 7.87. The molecule has 2 aromatic rings. The molecule has 0 unspecified atom stereocenters. The second kappa shape index (κ2) is 5.88. The van der Waals surface area contributed by atoms with Crippen molar-refractivity contribution in [2.45, 2.75) is 4.90 Å². The van der Waals surface area contributed by atoms with Crippen LogP contribution in [0.1, 0.15) is 0 Å². The smallest absolute Gasteiger partial charge is 0.339 e. The number of carbonyl (C=O) groups excluding carboxylic acids is 1. The molecule has 0 atom stereocenters. The SMILES string of the molecule is O=C1NCCN1c1ccc(S(=O)(=O)Oc2cccc(F)c2)cc1. The zero-order valence-corrected chi connectivity index (χ0v) is 12.7. The lowest BCUT2D eigenvalue weighted by Gasteiger charge is -2.14. The van der Waals surface area contributed by atoms with E-state index in [2.05, 4.69) is 5.32 Å². The molecule has 1 aliphatic heterocycles. The van der Waals surface area contributed by atoms with Crippen LogP contribution in [0.15, 0.2) is 53.4 Å². The van der Waals surface area contributed by atoms with Gasteiger partial charge in [0.1, 0.15) is 16.5 Å². The Morgan fingerprint density at radius 1 is 1.13 bits per heavy atom. The maximum absolute atomic E-state index is 13.1. The van der Waals surface area contributed by atoms with Crippen LogP contribution in [-0.4, -0.2) is 27.5 Å². The topological polar surface area (TPSA) is 75.7 Å². The van der Waals surface area contributed by atoms with Crippen molar-refractivity contribution in [1.82, 2.24) is 5.32 Å². The number of urea groups is 1. The highest BCUT2D eigenvalue weighted by Crippen LogP contribution is 2.23. The molecule has 8 heteroatoms. The van der Waals surface area contributed by atoms with Crippen molar-refractivity contribution in [2.24, 2.45) is 0 Å². The van der Waals surface area contributed by atoms with Gasteiger partial charge in [-0.1, -0.05) is 6.07 Å². The van der Waals surface area contributed by atoms with Crippen LogP contribution in [0.5, 0.6) is 5.75 Å². The van der Waals surface area contributed by atoms with Crippen LogP contribution in [-0.2, 0) is 10.1 Å². The lowest BCUT2D eigenvalue weighted by atomic mass is 10.3. The van der Waals surface area contributed by atoms with Gasteiger partial charge >= 0.3 is 16.1 Å². The maximum Gasteiger partial charge on any atom is 0.339 e. The number of nitrogens with zero attached hydrogens (tertiary/aromatic N) is 1. The molecule has 1 saturated heterocycles. The van der Waals surface area contributed by atoms with Gasteiger partial charge in [0.15, 0.2) is 0 Å². The Kier molecular flexibility index (Phi) is 3.91. The fourth-order valence-corrected chi connectivity index (χ4v) is 3.13. The molecular weight excluding hydrogens is 323 g/mol. The van der Waals surface area contributed by atoms with Gasteiger partial charge in [-0.2, -0.15) is 8.42 Å². The molecule has 2 amide bonds. The molecule has 0 spiro atoms. The fourth-order valence-electron chi connectivity index (χ4n) is 2.20. The van der Waals surface area contributed by atoms with Gasteiger partial charge in [-0.15, -0.1) is 0 Å². The Hall–Kier alpha value is -2.61. The molecule has 2 aromatic carbocycles. The summed E-state index contributed by atoms with van der Waals surface area (Å²) in [7, 11) is -4.07. The molecule has 1 aliphatic rings.